The Hall–Kier alpha value is -1.32. The van der Waals surface area contributed by atoms with E-state index in [9.17, 15) is 0 Å². The molecule has 1 unspecified atom stereocenters. The topological polar surface area (TPSA) is 3.24 Å². The van der Waals surface area contributed by atoms with Gasteiger partial charge in [-0.1, -0.05) is 18.2 Å². The van der Waals surface area contributed by atoms with Gasteiger partial charge in [0.05, 0.1) is 15.6 Å². The molecule has 4 fully saturated rings. The quantitative estimate of drug-likeness (QED) is 0.405. The summed E-state index contributed by atoms with van der Waals surface area (Å²) in [6, 6.07) is 12.1. The van der Waals surface area contributed by atoms with Gasteiger partial charge in [-0.15, -0.1) is 22.7 Å². The molecule has 0 saturated heterocycles. The van der Waals surface area contributed by atoms with E-state index >= 15 is 0 Å². The van der Waals surface area contributed by atoms with Gasteiger partial charge in [0.25, 0.3) is 0 Å². The van der Waals surface area contributed by atoms with E-state index in [1.54, 1.807) is 19.8 Å². The first-order chi connectivity index (χ1) is 13.7. The summed E-state index contributed by atoms with van der Waals surface area (Å²) in [4.78, 5) is 4.70. The number of aryl methyl sites for hydroxylation is 1. The number of anilines is 1. The van der Waals surface area contributed by atoms with Gasteiger partial charge in [0, 0.05) is 16.0 Å². The summed E-state index contributed by atoms with van der Waals surface area (Å²) in [7, 11) is 0. The van der Waals surface area contributed by atoms with Gasteiger partial charge in [0.2, 0.25) is 0 Å². The lowest BCUT2D eigenvalue weighted by Crippen LogP contribution is -2.62. The minimum absolute atomic E-state index is 0.262. The van der Waals surface area contributed by atoms with Crippen LogP contribution in [0.3, 0.4) is 0 Å². The Balaban J connectivity index is 1.54. The van der Waals surface area contributed by atoms with Crippen LogP contribution >= 0.6 is 22.7 Å². The van der Waals surface area contributed by atoms with Crippen molar-refractivity contribution >= 4 is 37.8 Å². The zero-order valence-corrected chi connectivity index (χ0v) is 18.3. The average Bonchev–Trinajstić information content (AvgIpc) is 3.31. The molecular weight excluding hydrogens is 378 g/mol. The maximum absolute atomic E-state index is 2.94. The van der Waals surface area contributed by atoms with Gasteiger partial charge < -0.3 is 4.90 Å². The van der Waals surface area contributed by atoms with Crippen LogP contribution in [0.25, 0.3) is 9.40 Å². The highest BCUT2D eigenvalue weighted by atomic mass is 32.2. The van der Waals surface area contributed by atoms with E-state index in [2.05, 4.69) is 65.8 Å². The van der Waals surface area contributed by atoms with Crippen LogP contribution in [0.1, 0.15) is 61.1 Å². The van der Waals surface area contributed by atoms with Gasteiger partial charge in [-0.05, 0) is 98.3 Å². The number of fused-ring (bicyclic) bond motifs is 3. The van der Waals surface area contributed by atoms with Crippen molar-refractivity contribution in [3.63, 3.8) is 0 Å². The van der Waals surface area contributed by atoms with Gasteiger partial charge in [-0.2, -0.15) is 0 Å². The first-order valence-electron chi connectivity index (χ1n) is 11.0. The zero-order chi connectivity index (χ0) is 18.6. The van der Waals surface area contributed by atoms with E-state index in [-0.39, 0.29) is 5.54 Å². The highest BCUT2D eigenvalue weighted by molar-refractivity contribution is 7.37. The number of benzene rings is 1. The summed E-state index contributed by atoms with van der Waals surface area (Å²) in [5.41, 5.74) is 4.88. The van der Waals surface area contributed by atoms with Crippen molar-refractivity contribution in [2.75, 3.05) is 4.90 Å². The zero-order valence-electron chi connectivity index (χ0n) is 16.7. The van der Waals surface area contributed by atoms with Gasteiger partial charge >= 0.3 is 0 Å². The van der Waals surface area contributed by atoms with Crippen LogP contribution in [-0.4, -0.2) is 0 Å². The predicted molar refractivity (Wildman–Crippen MR) is 120 cm³/mol. The third-order valence-corrected chi connectivity index (χ3v) is 11.1. The number of nitrogens with zero attached hydrogens (tertiary/aromatic N) is 1. The van der Waals surface area contributed by atoms with Gasteiger partial charge in [0.1, 0.15) is 0 Å². The number of thiophene rings is 2. The lowest BCUT2D eigenvalue weighted by Gasteiger charge is -2.63. The molecule has 1 aromatic carbocycles. The van der Waals surface area contributed by atoms with Crippen molar-refractivity contribution in [3.05, 3.63) is 51.7 Å². The standard InChI is InChI=1S/C25H27NS2/c1-14-5-3-4-6-21(14)26-15(2)22-20-7-8-27-24(20)28-23(22)25(26)18-10-16-9-17(12-18)13-19(25)11-16/h3-8,15-19H,9-13H2,1-2H3. The third-order valence-electron chi connectivity index (χ3n) is 8.68. The highest BCUT2D eigenvalue weighted by Gasteiger charge is 2.65. The van der Waals surface area contributed by atoms with Crippen molar-refractivity contribution in [1.29, 1.82) is 0 Å². The van der Waals surface area contributed by atoms with Crippen molar-refractivity contribution in [2.45, 2.75) is 57.5 Å². The maximum Gasteiger partial charge on any atom is 0.0872 e. The van der Waals surface area contributed by atoms with Gasteiger partial charge in [-0.3, -0.25) is 0 Å². The van der Waals surface area contributed by atoms with Gasteiger partial charge in [0.15, 0.2) is 0 Å². The molecule has 1 spiro atoms. The second-order valence-corrected chi connectivity index (χ2v) is 12.1. The molecule has 144 valence electrons. The van der Waals surface area contributed by atoms with Crippen LogP contribution in [-0.2, 0) is 5.54 Å². The summed E-state index contributed by atoms with van der Waals surface area (Å²) in [6.07, 6.45) is 7.38. The Morgan fingerprint density at radius 3 is 2.39 bits per heavy atom. The van der Waals surface area contributed by atoms with Crippen LogP contribution in [0.2, 0.25) is 0 Å². The summed E-state index contributed by atoms with van der Waals surface area (Å²) in [5.74, 6) is 3.71. The molecule has 8 rings (SSSR count). The van der Waals surface area contributed by atoms with Crippen molar-refractivity contribution in [1.82, 2.24) is 0 Å². The highest BCUT2D eigenvalue weighted by Crippen LogP contribution is 2.70. The maximum atomic E-state index is 2.94. The second-order valence-electron chi connectivity index (χ2n) is 9.93. The minimum Gasteiger partial charge on any atom is -0.353 e. The lowest BCUT2D eigenvalue weighted by atomic mass is 9.48. The lowest BCUT2D eigenvalue weighted by molar-refractivity contribution is -0.0588. The Morgan fingerprint density at radius 1 is 0.964 bits per heavy atom. The molecule has 2 aromatic heterocycles. The third kappa shape index (κ3) is 1.80. The predicted octanol–water partition coefficient (Wildman–Crippen LogP) is 7.50. The summed E-state index contributed by atoms with van der Waals surface area (Å²) in [5, 5.41) is 3.86. The molecule has 28 heavy (non-hydrogen) atoms. The van der Waals surface area contributed by atoms with Crippen LogP contribution in [0.4, 0.5) is 5.69 Å². The molecule has 0 amide bonds. The molecule has 0 radical (unpaired) electrons. The van der Waals surface area contributed by atoms with Crippen LogP contribution in [0.5, 0.6) is 0 Å². The second kappa shape index (κ2) is 5.43. The Kier molecular flexibility index (Phi) is 3.19. The number of rotatable bonds is 1. The van der Waals surface area contributed by atoms with Crippen molar-refractivity contribution in [3.8, 4) is 0 Å². The smallest absolute Gasteiger partial charge is 0.0872 e. The molecule has 4 saturated carbocycles. The van der Waals surface area contributed by atoms with Crippen LogP contribution in [0, 0.1) is 30.6 Å². The minimum atomic E-state index is 0.262. The fourth-order valence-electron chi connectivity index (χ4n) is 8.02. The molecule has 1 atom stereocenters. The van der Waals surface area contributed by atoms with E-state index in [0.29, 0.717) is 6.04 Å². The van der Waals surface area contributed by atoms with Gasteiger partial charge in [-0.25, -0.2) is 0 Å². The number of para-hydroxylation sites is 1. The van der Waals surface area contributed by atoms with E-state index in [1.807, 2.05) is 11.3 Å². The fourth-order valence-corrected chi connectivity index (χ4v) is 10.7. The first kappa shape index (κ1) is 16.5. The number of hydrogen-bond donors (Lipinski definition) is 0. The Labute approximate surface area is 175 Å². The molecule has 3 heterocycles. The summed E-state index contributed by atoms with van der Waals surface area (Å²) >= 11 is 4.11. The Bertz CT molecular complexity index is 1060. The molecular formula is C25H27NS2. The molecule has 0 N–H and O–H groups in total. The molecule has 3 heteroatoms. The van der Waals surface area contributed by atoms with E-state index in [4.69, 9.17) is 0 Å². The first-order valence-corrected chi connectivity index (χ1v) is 12.7. The van der Waals surface area contributed by atoms with Crippen LogP contribution < -0.4 is 4.90 Å². The monoisotopic (exact) mass is 405 g/mol. The average molecular weight is 406 g/mol. The SMILES string of the molecule is Cc1ccccc1N1C(C)c2c(sc3sccc23)C12C1CC3CC(C1)CC2C3. The largest absolute Gasteiger partial charge is 0.353 e. The molecule has 1 nitrogen and oxygen atoms in total. The van der Waals surface area contributed by atoms with Crippen LogP contribution in [0.15, 0.2) is 35.7 Å². The van der Waals surface area contributed by atoms with E-state index in [0.717, 1.165) is 23.7 Å². The summed E-state index contributed by atoms with van der Waals surface area (Å²) < 4.78 is 1.56. The number of hydrogen-bond acceptors (Lipinski definition) is 3. The molecule has 1 aliphatic heterocycles. The normalized spacial score (nSPS) is 38.1. The summed E-state index contributed by atoms with van der Waals surface area (Å²) in [6.45, 7) is 4.81. The van der Waals surface area contributed by atoms with Crippen molar-refractivity contribution in [2.24, 2.45) is 23.7 Å². The molecule has 4 bridgehead atoms. The molecule has 3 aromatic rings. The van der Waals surface area contributed by atoms with E-state index < -0.39 is 0 Å². The van der Waals surface area contributed by atoms with E-state index in [1.165, 1.54) is 43.4 Å². The molecule has 5 aliphatic rings. The fraction of sp³-hybridized carbons (Fsp3) is 0.520. The Morgan fingerprint density at radius 2 is 1.68 bits per heavy atom. The van der Waals surface area contributed by atoms with Crippen molar-refractivity contribution < 1.29 is 0 Å². The molecule has 4 aliphatic carbocycles.